The monoisotopic (exact) mass is 102 g/mol. The van der Waals surface area contributed by atoms with Gasteiger partial charge in [-0.1, -0.05) is 0 Å². The van der Waals surface area contributed by atoms with E-state index in [0.717, 1.165) is 0 Å². The van der Waals surface area contributed by atoms with Gasteiger partial charge in [0, 0.05) is 0 Å². The Hall–Kier alpha value is -0.860. The highest BCUT2D eigenvalue weighted by atomic mass is 16.7. The first-order valence-corrected chi connectivity index (χ1v) is 1.90. The zero-order valence-corrected chi connectivity index (χ0v) is 3.85. The van der Waals surface area contributed by atoms with E-state index in [1.54, 1.807) is 0 Å². The number of carbonyl (C=O) groups is 1. The molecule has 0 fully saturated rings. The zero-order chi connectivity index (χ0) is 5.70. The Morgan fingerprint density at radius 1 is 1.86 bits per heavy atom. The van der Waals surface area contributed by atoms with Gasteiger partial charge in [0.05, 0.1) is 13.5 Å². The van der Waals surface area contributed by atoms with E-state index < -0.39 is 6.16 Å². The molecule has 0 aliphatic heterocycles. The summed E-state index contributed by atoms with van der Waals surface area (Å²) in [5.41, 5.74) is 0. The molecular formula is C4H6O3. The van der Waals surface area contributed by atoms with Gasteiger partial charge in [-0.15, -0.1) is 0 Å². The third kappa shape index (κ3) is 5.14. The van der Waals surface area contributed by atoms with Crippen LogP contribution in [0, 0.1) is 6.92 Å². The van der Waals surface area contributed by atoms with E-state index in [4.69, 9.17) is 0 Å². The summed E-state index contributed by atoms with van der Waals surface area (Å²) in [4.78, 5) is 9.40. The molecule has 0 atom stereocenters. The number of carboxylic acid groups (broad SMARTS) is 1. The molecule has 40 valence electrons. The molecule has 7 heavy (non-hydrogen) atoms. The topological polar surface area (TPSA) is 49.4 Å². The first kappa shape index (κ1) is 6.14. The van der Waals surface area contributed by atoms with E-state index in [0.29, 0.717) is 6.42 Å². The molecule has 3 heteroatoms. The Bertz CT molecular complexity index is 60.0. The first-order valence-electron chi connectivity index (χ1n) is 1.90. The van der Waals surface area contributed by atoms with Gasteiger partial charge in [-0.05, 0) is 0 Å². The smallest absolute Gasteiger partial charge is 0.252 e. The molecule has 0 rings (SSSR count). The third-order valence-electron chi connectivity index (χ3n) is 0.364. The zero-order valence-electron chi connectivity index (χ0n) is 3.85. The molecule has 0 radical (unpaired) electrons. The Labute approximate surface area is 41.9 Å². The summed E-state index contributed by atoms with van der Waals surface area (Å²) in [5.74, 6) is 0. The first-order chi connectivity index (χ1) is 3.27. The molecule has 0 aliphatic rings. The van der Waals surface area contributed by atoms with Crippen LogP contribution < -0.4 is 5.11 Å². The predicted octanol–water partition coefficient (Wildman–Crippen LogP) is -0.430. The Kier molecular flexibility index (Phi) is 2.92. The quantitative estimate of drug-likeness (QED) is 0.351. The summed E-state index contributed by atoms with van der Waals surface area (Å²) < 4.78 is 3.93. The van der Waals surface area contributed by atoms with Crippen molar-refractivity contribution >= 4 is 6.16 Å². The lowest BCUT2D eigenvalue weighted by molar-refractivity contribution is -0.282. The fraction of sp³-hybridized carbons (Fsp3) is 0.500. The minimum atomic E-state index is -1.48. The van der Waals surface area contributed by atoms with Crippen molar-refractivity contribution in [3.63, 3.8) is 0 Å². The van der Waals surface area contributed by atoms with Crippen LogP contribution in [0.5, 0.6) is 0 Å². The lowest BCUT2D eigenvalue weighted by Gasteiger charge is -2.00. The van der Waals surface area contributed by atoms with Crippen LogP contribution in [0.2, 0.25) is 0 Å². The SMILES string of the molecule is [CH2+]CCOC(=O)[O-]. The van der Waals surface area contributed by atoms with E-state index in [-0.39, 0.29) is 6.61 Å². The summed E-state index contributed by atoms with van der Waals surface area (Å²) in [6.07, 6.45) is -1.03. The highest BCUT2D eigenvalue weighted by Crippen LogP contribution is 1.75. The van der Waals surface area contributed by atoms with E-state index in [9.17, 15) is 9.90 Å². The van der Waals surface area contributed by atoms with Crippen LogP contribution in [0.1, 0.15) is 6.42 Å². The van der Waals surface area contributed by atoms with Gasteiger partial charge in [-0.2, -0.15) is 0 Å². The van der Waals surface area contributed by atoms with Crippen molar-refractivity contribution in [3.05, 3.63) is 6.92 Å². The van der Waals surface area contributed by atoms with Crippen LogP contribution in [0.25, 0.3) is 0 Å². The Morgan fingerprint density at radius 3 is 2.57 bits per heavy atom. The highest BCUT2D eigenvalue weighted by molar-refractivity contribution is 5.53. The molecular weight excluding hydrogens is 96.0 g/mol. The summed E-state index contributed by atoms with van der Waals surface area (Å²) >= 11 is 0. The number of carbonyl (C=O) groups excluding carboxylic acids is 1. The molecule has 0 amide bonds. The molecule has 0 saturated carbocycles. The van der Waals surface area contributed by atoms with Gasteiger partial charge in [-0.25, -0.2) is 0 Å². The van der Waals surface area contributed by atoms with Crippen molar-refractivity contribution in [2.24, 2.45) is 0 Å². The highest BCUT2D eigenvalue weighted by Gasteiger charge is 1.80. The second kappa shape index (κ2) is 3.33. The maximum absolute atomic E-state index is 9.40. The Morgan fingerprint density at radius 2 is 2.43 bits per heavy atom. The van der Waals surface area contributed by atoms with E-state index in [1.165, 1.54) is 0 Å². The maximum atomic E-state index is 9.40. The Balaban J connectivity index is 2.82. The summed E-state index contributed by atoms with van der Waals surface area (Å²) in [6, 6.07) is 0. The predicted molar refractivity (Wildman–Crippen MR) is 21.3 cm³/mol. The van der Waals surface area contributed by atoms with Crippen molar-refractivity contribution in [3.8, 4) is 0 Å². The number of rotatable bonds is 2. The molecule has 0 spiro atoms. The standard InChI is InChI=1S/C4H6O3/c1-2-3-7-4(5)6/h1-3H2. The van der Waals surface area contributed by atoms with Crippen molar-refractivity contribution < 1.29 is 14.6 Å². The van der Waals surface area contributed by atoms with Crippen LogP contribution in [0.4, 0.5) is 4.79 Å². The van der Waals surface area contributed by atoms with Gasteiger partial charge in [0.25, 0.3) is 6.16 Å². The van der Waals surface area contributed by atoms with Crippen molar-refractivity contribution in [2.75, 3.05) is 6.61 Å². The van der Waals surface area contributed by atoms with Gasteiger partial charge < -0.3 is 14.6 Å². The number of ether oxygens (including phenoxy) is 1. The second-order valence-corrected chi connectivity index (χ2v) is 0.952. The molecule has 0 aromatic rings. The average Bonchev–Trinajstić information content (AvgIpc) is 1.61. The molecule has 0 N–H and O–H groups in total. The fourth-order valence-corrected chi connectivity index (χ4v) is 0.156. The minimum Gasteiger partial charge on any atom is -0.545 e. The van der Waals surface area contributed by atoms with Gasteiger partial charge in [0.2, 0.25) is 0 Å². The van der Waals surface area contributed by atoms with Crippen LogP contribution in [0.15, 0.2) is 0 Å². The molecule has 3 nitrogen and oxygen atoms in total. The lowest BCUT2D eigenvalue weighted by atomic mass is 10.5. The normalized spacial score (nSPS) is 8.00. The van der Waals surface area contributed by atoms with E-state index in [1.807, 2.05) is 0 Å². The molecule has 0 aromatic carbocycles. The van der Waals surface area contributed by atoms with E-state index >= 15 is 0 Å². The fourth-order valence-electron chi connectivity index (χ4n) is 0.156. The van der Waals surface area contributed by atoms with Gasteiger partial charge in [0.1, 0.15) is 6.42 Å². The largest absolute Gasteiger partial charge is 0.545 e. The van der Waals surface area contributed by atoms with Gasteiger partial charge in [-0.3, -0.25) is 0 Å². The van der Waals surface area contributed by atoms with Crippen LogP contribution in [-0.2, 0) is 4.74 Å². The molecule has 0 bridgehead atoms. The molecule has 0 saturated heterocycles. The lowest BCUT2D eigenvalue weighted by Crippen LogP contribution is -2.23. The van der Waals surface area contributed by atoms with Gasteiger partial charge >= 0.3 is 0 Å². The average molecular weight is 102 g/mol. The van der Waals surface area contributed by atoms with Crippen molar-refractivity contribution in [2.45, 2.75) is 6.42 Å². The molecule has 0 unspecified atom stereocenters. The van der Waals surface area contributed by atoms with E-state index in [2.05, 4.69) is 11.7 Å². The summed E-state index contributed by atoms with van der Waals surface area (Å²) in [7, 11) is 0. The summed E-state index contributed by atoms with van der Waals surface area (Å²) in [5, 5.41) is 9.40. The maximum Gasteiger partial charge on any atom is 0.252 e. The molecule has 0 aromatic heterocycles. The van der Waals surface area contributed by atoms with Crippen molar-refractivity contribution in [1.82, 2.24) is 0 Å². The van der Waals surface area contributed by atoms with Crippen LogP contribution >= 0.6 is 0 Å². The number of hydrogen-bond acceptors (Lipinski definition) is 3. The van der Waals surface area contributed by atoms with Crippen LogP contribution in [-0.4, -0.2) is 12.8 Å². The second-order valence-electron chi connectivity index (χ2n) is 0.952. The number of hydrogen-bond donors (Lipinski definition) is 0. The van der Waals surface area contributed by atoms with Gasteiger partial charge in [0.15, 0.2) is 0 Å². The molecule has 0 heterocycles. The molecule has 0 aliphatic carbocycles. The third-order valence-corrected chi connectivity index (χ3v) is 0.364. The minimum absolute atomic E-state index is 0.127. The van der Waals surface area contributed by atoms with Crippen LogP contribution in [0.3, 0.4) is 0 Å². The summed E-state index contributed by atoms with van der Waals surface area (Å²) in [6.45, 7) is 3.47. The van der Waals surface area contributed by atoms with Crippen molar-refractivity contribution in [1.29, 1.82) is 0 Å².